The van der Waals surface area contributed by atoms with Crippen LogP contribution in [-0.4, -0.2) is 21.4 Å². The largest absolute Gasteiger partial charge is 0.459 e. The summed E-state index contributed by atoms with van der Waals surface area (Å²) in [5.74, 6) is 0.473. The van der Waals surface area contributed by atoms with Crippen LogP contribution in [0.3, 0.4) is 0 Å². The van der Waals surface area contributed by atoms with Crippen molar-refractivity contribution in [1.29, 1.82) is 0 Å². The molecule has 0 saturated carbocycles. The molecule has 124 valence electrons. The first-order chi connectivity index (χ1) is 11.6. The molecule has 6 nitrogen and oxygen atoms in total. The van der Waals surface area contributed by atoms with Crippen LogP contribution in [0.25, 0.3) is 11.7 Å². The highest BCUT2D eigenvalue weighted by Crippen LogP contribution is 2.23. The molecule has 0 fully saturated rings. The molecule has 0 spiro atoms. The molecule has 3 aromatic rings. The van der Waals surface area contributed by atoms with Crippen molar-refractivity contribution in [3.05, 3.63) is 48.2 Å². The van der Waals surface area contributed by atoms with E-state index in [1.807, 2.05) is 24.3 Å². The summed E-state index contributed by atoms with van der Waals surface area (Å²) < 4.78 is 10.5. The summed E-state index contributed by atoms with van der Waals surface area (Å²) in [6.45, 7) is 4.29. The van der Waals surface area contributed by atoms with Crippen LogP contribution >= 0.6 is 11.8 Å². The number of benzene rings is 1. The van der Waals surface area contributed by atoms with E-state index in [9.17, 15) is 4.79 Å². The summed E-state index contributed by atoms with van der Waals surface area (Å²) in [4.78, 5) is 13.3. The maximum Gasteiger partial charge on any atom is 0.322 e. The highest BCUT2D eigenvalue weighted by Gasteiger charge is 2.13. The molecule has 0 aliphatic rings. The molecule has 1 amide bonds. The van der Waals surface area contributed by atoms with Gasteiger partial charge >= 0.3 is 6.01 Å². The first-order valence-corrected chi connectivity index (χ1v) is 8.41. The number of thioether (sulfide) groups is 1. The molecule has 0 aliphatic heterocycles. The van der Waals surface area contributed by atoms with E-state index in [0.29, 0.717) is 11.0 Å². The lowest BCUT2D eigenvalue weighted by molar-refractivity contribution is -0.115. The SMILES string of the molecule is CC(C)Sc1ccc(CC(=O)Nc2nnc(-c3ccco3)o2)cc1. The lowest BCUT2D eigenvalue weighted by Crippen LogP contribution is -2.14. The van der Waals surface area contributed by atoms with E-state index < -0.39 is 0 Å². The number of hydrogen-bond donors (Lipinski definition) is 1. The van der Waals surface area contributed by atoms with Gasteiger partial charge < -0.3 is 8.83 Å². The minimum Gasteiger partial charge on any atom is -0.459 e. The Bertz CT molecular complexity index is 795. The number of furan rings is 1. The van der Waals surface area contributed by atoms with Gasteiger partial charge in [0.2, 0.25) is 5.91 Å². The molecule has 0 unspecified atom stereocenters. The van der Waals surface area contributed by atoms with Crippen molar-refractivity contribution in [2.75, 3.05) is 5.32 Å². The fourth-order valence-electron chi connectivity index (χ4n) is 2.08. The Kier molecular flexibility index (Phi) is 5.00. The topological polar surface area (TPSA) is 81.2 Å². The van der Waals surface area contributed by atoms with Gasteiger partial charge in [0.05, 0.1) is 12.7 Å². The number of aromatic nitrogens is 2. The first-order valence-electron chi connectivity index (χ1n) is 7.53. The zero-order chi connectivity index (χ0) is 16.9. The lowest BCUT2D eigenvalue weighted by Gasteiger charge is -2.06. The Balaban J connectivity index is 1.57. The van der Waals surface area contributed by atoms with E-state index in [2.05, 4.69) is 29.4 Å². The number of carbonyl (C=O) groups is 1. The molecule has 0 bridgehead atoms. The van der Waals surface area contributed by atoms with Gasteiger partial charge in [-0.25, -0.2) is 0 Å². The van der Waals surface area contributed by atoms with Gasteiger partial charge in [-0.2, -0.15) is 0 Å². The maximum atomic E-state index is 12.1. The van der Waals surface area contributed by atoms with Gasteiger partial charge in [0.1, 0.15) is 0 Å². The fraction of sp³-hybridized carbons (Fsp3) is 0.235. The van der Waals surface area contributed by atoms with E-state index in [4.69, 9.17) is 8.83 Å². The molecular formula is C17H17N3O3S. The predicted molar refractivity (Wildman–Crippen MR) is 91.8 cm³/mol. The molecule has 1 N–H and O–H groups in total. The molecule has 0 radical (unpaired) electrons. The van der Waals surface area contributed by atoms with E-state index in [-0.39, 0.29) is 24.2 Å². The van der Waals surface area contributed by atoms with E-state index in [0.717, 1.165) is 5.56 Å². The third-order valence-electron chi connectivity index (χ3n) is 3.06. The van der Waals surface area contributed by atoms with Crippen LogP contribution in [0, 0.1) is 0 Å². The van der Waals surface area contributed by atoms with Gasteiger partial charge in [-0.15, -0.1) is 16.9 Å². The van der Waals surface area contributed by atoms with Gasteiger partial charge in [-0.05, 0) is 29.8 Å². The summed E-state index contributed by atoms with van der Waals surface area (Å²) in [6.07, 6.45) is 1.75. The van der Waals surface area contributed by atoms with Gasteiger partial charge in [-0.3, -0.25) is 10.1 Å². The monoisotopic (exact) mass is 343 g/mol. The normalized spacial score (nSPS) is 11.0. The molecule has 7 heteroatoms. The second-order valence-electron chi connectivity index (χ2n) is 5.43. The van der Waals surface area contributed by atoms with Crippen molar-refractivity contribution in [3.63, 3.8) is 0 Å². The summed E-state index contributed by atoms with van der Waals surface area (Å²) >= 11 is 1.79. The number of amides is 1. The first kappa shape index (κ1) is 16.3. The predicted octanol–water partition coefficient (Wildman–Crippen LogP) is 4.01. The molecule has 3 rings (SSSR count). The van der Waals surface area contributed by atoms with Crippen LogP contribution in [-0.2, 0) is 11.2 Å². The van der Waals surface area contributed by atoms with Gasteiger partial charge in [0, 0.05) is 10.1 Å². The Morgan fingerprint density at radius 3 is 2.67 bits per heavy atom. The fourth-order valence-corrected chi connectivity index (χ4v) is 2.92. The molecule has 2 aromatic heterocycles. The van der Waals surface area contributed by atoms with Crippen molar-refractivity contribution in [1.82, 2.24) is 10.2 Å². The third-order valence-corrected chi connectivity index (χ3v) is 4.08. The smallest absolute Gasteiger partial charge is 0.322 e. The number of anilines is 1. The molecular weight excluding hydrogens is 326 g/mol. The van der Waals surface area contributed by atoms with Crippen LogP contribution in [0.15, 0.2) is 56.4 Å². The average molecular weight is 343 g/mol. The summed E-state index contributed by atoms with van der Waals surface area (Å²) in [5, 5.41) is 10.7. The third kappa shape index (κ3) is 4.26. The molecule has 1 aromatic carbocycles. The van der Waals surface area contributed by atoms with E-state index >= 15 is 0 Å². The number of nitrogens with zero attached hydrogens (tertiary/aromatic N) is 2. The zero-order valence-electron chi connectivity index (χ0n) is 13.4. The van der Waals surface area contributed by atoms with E-state index in [1.54, 1.807) is 23.9 Å². The molecule has 0 aliphatic carbocycles. The Hall–Kier alpha value is -2.54. The number of rotatable bonds is 6. The Labute approximate surface area is 143 Å². The summed E-state index contributed by atoms with van der Waals surface area (Å²) in [7, 11) is 0. The summed E-state index contributed by atoms with van der Waals surface area (Å²) in [5.41, 5.74) is 0.923. The van der Waals surface area contributed by atoms with Crippen LogP contribution in [0.4, 0.5) is 6.01 Å². The second kappa shape index (κ2) is 7.35. The second-order valence-corrected chi connectivity index (χ2v) is 7.08. The van der Waals surface area contributed by atoms with Gasteiger partial charge in [-0.1, -0.05) is 31.1 Å². The van der Waals surface area contributed by atoms with Crippen molar-refractivity contribution in [3.8, 4) is 11.7 Å². The number of nitrogens with one attached hydrogen (secondary N) is 1. The van der Waals surface area contributed by atoms with Crippen LogP contribution in [0.5, 0.6) is 0 Å². The molecule has 0 atom stereocenters. The van der Waals surface area contributed by atoms with Gasteiger partial charge in [0.25, 0.3) is 5.89 Å². The minimum atomic E-state index is -0.214. The highest BCUT2D eigenvalue weighted by molar-refractivity contribution is 7.99. The highest BCUT2D eigenvalue weighted by atomic mass is 32.2. The van der Waals surface area contributed by atoms with Crippen LogP contribution < -0.4 is 5.32 Å². The van der Waals surface area contributed by atoms with Gasteiger partial charge in [0.15, 0.2) is 5.76 Å². The van der Waals surface area contributed by atoms with Crippen molar-refractivity contribution in [2.24, 2.45) is 0 Å². The van der Waals surface area contributed by atoms with Crippen LogP contribution in [0.2, 0.25) is 0 Å². The van der Waals surface area contributed by atoms with Crippen LogP contribution in [0.1, 0.15) is 19.4 Å². The van der Waals surface area contributed by atoms with E-state index in [1.165, 1.54) is 11.2 Å². The van der Waals surface area contributed by atoms with Crippen molar-refractivity contribution >= 4 is 23.7 Å². The standard InChI is InChI=1S/C17H17N3O3S/c1-11(2)24-13-7-5-12(6-8-13)10-15(21)18-17-20-19-16(23-17)14-4-3-9-22-14/h3-9,11H,10H2,1-2H3,(H,18,20,21). The minimum absolute atomic E-state index is 0.0541. The Morgan fingerprint density at radius 1 is 1.21 bits per heavy atom. The molecule has 24 heavy (non-hydrogen) atoms. The van der Waals surface area contributed by atoms with Crippen molar-refractivity contribution in [2.45, 2.75) is 30.4 Å². The number of carbonyl (C=O) groups excluding carboxylic acids is 1. The quantitative estimate of drug-likeness (QED) is 0.681. The molecule has 0 saturated heterocycles. The number of hydrogen-bond acceptors (Lipinski definition) is 6. The maximum absolute atomic E-state index is 12.1. The summed E-state index contributed by atoms with van der Waals surface area (Å²) in [6, 6.07) is 11.4. The zero-order valence-corrected chi connectivity index (χ0v) is 14.2. The molecule has 2 heterocycles. The van der Waals surface area contributed by atoms with Crippen molar-refractivity contribution < 1.29 is 13.6 Å². The average Bonchev–Trinajstić information content (AvgIpc) is 3.19. The lowest BCUT2D eigenvalue weighted by atomic mass is 10.1. The Morgan fingerprint density at radius 2 is 2.00 bits per heavy atom.